The van der Waals surface area contributed by atoms with Crippen LogP contribution in [-0.2, 0) is 6.42 Å². The summed E-state index contributed by atoms with van der Waals surface area (Å²) in [6, 6.07) is 10.2. The summed E-state index contributed by atoms with van der Waals surface area (Å²) in [6.07, 6.45) is -1.82. The van der Waals surface area contributed by atoms with E-state index in [4.69, 9.17) is 0 Å². The lowest BCUT2D eigenvalue weighted by atomic mass is 9.68. The molecule has 110 valence electrons. The largest absolute Gasteiger partial charge is 0.394 e. The maximum absolute atomic E-state index is 10.2. The van der Waals surface area contributed by atoms with Crippen molar-refractivity contribution in [1.29, 1.82) is 0 Å². The molecule has 0 radical (unpaired) electrons. The van der Waals surface area contributed by atoms with Gasteiger partial charge in [0.1, 0.15) is 12.2 Å². The molecular weight excluding hydrogens is 258 g/mol. The van der Waals surface area contributed by atoms with Crippen LogP contribution in [-0.4, -0.2) is 68.4 Å². The van der Waals surface area contributed by atoms with Gasteiger partial charge in [-0.3, -0.25) is 4.90 Å². The molecule has 0 bridgehead atoms. The molecule has 2 aliphatic rings. The van der Waals surface area contributed by atoms with E-state index in [2.05, 4.69) is 0 Å². The molecule has 0 aliphatic carbocycles. The molecule has 0 unspecified atom stereocenters. The van der Waals surface area contributed by atoms with Crippen molar-refractivity contribution in [3.63, 3.8) is 0 Å². The van der Waals surface area contributed by atoms with Gasteiger partial charge in [-0.25, -0.2) is 0 Å². The molecule has 2 saturated heterocycles. The Morgan fingerprint density at radius 2 is 1.85 bits per heavy atom. The highest BCUT2D eigenvalue weighted by Gasteiger charge is 2.61. The predicted octanol–water partition coefficient (Wildman–Crippen LogP) is -0.869. The molecule has 1 aromatic rings. The topological polar surface area (TPSA) is 84.2 Å². The molecule has 1 aromatic carbocycles. The Kier molecular flexibility index (Phi) is 3.56. The third-order valence-corrected chi connectivity index (χ3v) is 4.84. The van der Waals surface area contributed by atoms with Crippen LogP contribution in [0.5, 0.6) is 0 Å². The smallest absolute Gasteiger partial charge is 0.109 e. The molecule has 0 aromatic heterocycles. The third-order valence-electron chi connectivity index (χ3n) is 4.84. The van der Waals surface area contributed by atoms with Crippen molar-refractivity contribution in [2.45, 2.75) is 42.7 Å². The van der Waals surface area contributed by atoms with Crippen LogP contribution < -0.4 is 0 Å². The molecule has 5 nitrogen and oxygen atoms in total. The van der Waals surface area contributed by atoms with Crippen LogP contribution in [0.2, 0.25) is 0 Å². The van der Waals surface area contributed by atoms with Crippen LogP contribution in [0.1, 0.15) is 12.0 Å². The fourth-order valence-electron chi connectivity index (χ4n) is 3.66. The molecule has 0 spiro atoms. The second kappa shape index (κ2) is 5.09. The van der Waals surface area contributed by atoms with Gasteiger partial charge in [-0.2, -0.15) is 0 Å². The first-order valence-electron chi connectivity index (χ1n) is 7.04. The highest BCUT2D eigenvalue weighted by molar-refractivity contribution is 5.22. The van der Waals surface area contributed by atoms with E-state index in [9.17, 15) is 20.4 Å². The number of hydrogen-bond acceptors (Lipinski definition) is 5. The minimum absolute atomic E-state index is 0.182. The van der Waals surface area contributed by atoms with E-state index in [0.29, 0.717) is 6.42 Å². The van der Waals surface area contributed by atoms with Gasteiger partial charge in [0.25, 0.3) is 0 Å². The lowest BCUT2D eigenvalue weighted by Gasteiger charge is -2.64. The first-order valence-corrected chi connectivity index (χ1v) is 7.04. The summed E-state index contributed by atoms with van der Waals surface area (Å²) < 4.78 is 0. The van der Waals surface area contributed by atoms with Crippen LogP contribution in [0.3, 0.4) is 0 Å². The van der Waals surface area contributed by atoms with Crippen LogP contribution in [0, 0.1) is 0 Å². The molecule has 2 fully saturated rings. The maximum atomic E-state index is 10.2. The lowest BCUT2D eigenvalue weighted by Crippen LogP contribution is -2.80. The minimum atomic E-state index is -1.18. The molecule has 4 N–H and O–H groups in total. The van der Waals surface area contributed by atoms with E-state index in [0.717, 1.165) is 6.42 Å². The number of β-amino-alcohol motifs (C(OH)–C–C–N with tert-alkyl or cyclic N) is 1. The Labute approximate surface area is 118 Å². The zero-order valence-corrected chi connectivity index (χ0v) is 11.3. The van der Waals surface area contributed by atoms with Crippen LogP contribution >= 0.6 is 0 Å². The number of fused-ring (bicyclic) bond motifs is 1. The fourth-order valence-corrected chi connectivity index (χ4v) is 3.66. The zero-order valence-electron chi connectivity index (χ0n) is 11.3. The first-order chi connectivity index (χ1) is 9.58. The summed E-state index contributed by atoms with van der Waals surface area (Å²) in [7, 11) is 0. The second-order valence-electron chi connectivity index (χ2n) is 5.96. The van der Waals surface area contributed by atoms with Crippen molar-refractivity contribution in [2.75, 3.05) is 13.2 Å². The molecule has 0 amide bonds. The molecule has 3 rings (SSSR count). The number of benzene rings is 1. The van der Waals surface area contributed by atoms with E-state index < -0.39 is 23.9 Å². The zero-order chi connectivity index (χ0) is 14.3. The number of aliphatic hydroxyl groups is 4. The van der Waals surface area contributed by atoms with Gasteiger partial charge in [-0.1, -0.05) is 30.3 Å². The molecular formula is C15H21NO4. The SMILES string of the molecule is OC[C@@]12C[C@@H](Cc3ccccc3)N1C[C@H](O)[C@@H](O)[C@@H]2O. The Balaban J connectivity index is 1.76. The van der Waals surface area contributed by atoms with Crippen molar-refractivity contribution in [1.82, 2.24) is 4.90 Å². The highest BCUT2D eigenvalue weighted by Crippen LogP contribution is 2.44. The average Bonchev–Trinajstić information content (AvgIpc) is 2.47. The number of nitrogens with zero attached hydrogens (tertiary/aromatic N) is 1. The van der Waals surface area contributed by atoms with Crippen LogP contribution in [0.15, 0.2) is 30.3 Å². The van der Waals surface area contributed by atoms with Crippen molar-refractivity contribution in [3.05, 3.63) is 35.9 Å². The van der Waals surface area contributed by atoms with E-state index >= 15 is 0 Å². The summed E-state index contributed by atoms with van der Waals surface area (Å²) in [6.45, 7) is 0.0829. The minimum Gasteiger partial charge on any atom is -0.394 e. The molecule has 0 saturated carbocycles. The summed E-state index contributed by atoms with van der Waals surface area (Å²) in [4.78, 5) is 1.95. The summed E-state index contributed by atoms with van der Waals surface area (Å²) in [5, 5.41) is 39.4. The Hall–Kier alpha value is -0.980. The molecule has 2 heterocycles. The van der Waals surface area contributed by atoms with Gasteiger partial charge in [0, 0.05) is 12.6 Å². The Bertz CT molecular complexity index is 468. The van der Waals surface area contributed by atoms with Crippen LogP contribution in [0.25, 0.3) is 0 Å². The average molecular weight is 279 g/mol. The Morgan fingerprint density at radius 1 is 1.15 bits per heavy atom. The maximum Gasteiger partial charge on any atom is 0.109 e. The van der Waals surface area contributed by atoms with Crippen molar-refractivity contribution in [2.24, 2.45) is 0 Å². The van der Waals surface area contributed by atoms with Gasteiger partial charge in [-0.05, 0) is 18.4 Å². The lowest BCUT2D eigenvalue weighted by molar-refractivity contribution is -0.246. The molecule has 20 heavy (non-hydrogen) atoms. The number of piperidine rings is 1. The van der Waals surface area contributed by atoms with E-state index in [1.807, 2.05) is 35.2 Å². The standard InChI is InChI=1S/C15H21NO4/c17-9-15-7-11(6-10-4-2-1-3-5-10)16(15)8-12(18)13(19)14(15)20/h1-5,11-14,17-20H,6-9H2/t11-,12+,13-,14+,15-/m1/s1. The molecule has 5 heteroatoms. The first kappa shape index (κ1) is 14.0. The second-order valence-corrected chi connectivity index (χ2v) is 5.96. The number of aliphatic hydroxyl groups excluding tert-OH is 4. The summed E-state index contributed by atoms with van der Waals surface area (Å²) in [5.41, 5.74) is 0.400. The number of hydrogen-bond donors (Lipinski definition) is 4. The molecule has 5 atom stereocenters. The van der Waals surface area contributed by atoms with Crippen molar-refractivity contribution >= 4 is 0 Å². The van der Waals surface area contributed by atoms with E-state index in [1.165, 1.54) is 5.56 Å². The highest BCUT2D eigenvalue weighted by atomic mass is 16.4. The van der Waals surface area contributed by atoms with Gasteiger partial charge >= 0.3 is 0 Å². The van der Waals surface area contributed by atoms with Crippen LogP contribution in [0.4, 0.5) is 0 Å². The van der Waals surface area contributed by atoms with Gasteiger partial charge < -0.3 is 20.4 Å². The van der Waals surface area contributed by atoms with Gasteiger partial charge in [-0.15, -0.1) is 0 Å². The van der Waals surface area contributed by atoms with Gasteiger partial charge in [0.05, 0.1) is 18.2 Å². The monoisotopic (exact) mass is 279 g/mol. The van der Waals surface area contributed by atoms with Gasteiger partial charge in [0.2, 0.25) is 0 Å². The Morgan fingerprint density at radius 3 is 2.50 bits per heavy atom. The number of rotatable bonds is 3. The predicted molar refractivity (Wildman–Crippen MR) is 73.1 cm³/mol. The molecule has 2 aliphatic heterocycles. The van der Waals surface area contributed by atoms with E-state index in [-0.39, 0.29) is 19.2 Å². The third kappa shape index (κ3) is 1.98. The summed E-state index contributed by atoms with van der Waals surface area (Å²) in [5.74, 6) is 0. The summed E-state index contributed by atoms with van der Waals surface area (Å²) >= 11 is 0. The van der Waals surface area contributed by atoms with E-state index in [1.54, 1.807) is 0 Å². The van der Waals surface area contributed by atoms with Gasteiger partial charge in [0.15, 0.2) is 0 Å². The van der Waals surface area contributed by atoms with Crippen molar-refractivity contribution in [3.8, 4) is 0 Å². The quantitative estimate of drug-likeness (QED) is 0.578. The van der Waals surface area contributed by atoms with Crippen molar-refractivity contribution < 1.29 is 20.4 Å². The fraction of sp³-hybridized carbons (Fsp3) is 0.600. The normalized spacial score (nSPS) is 41.0.